The minimum absolute atomic E-state index is 0.0728. The van der Waals surface area contributed by atoms with Crippen molar-refractivity contribution >= 4 is 23.4 Å². The van der Waals surface area contributed by atoms with Gasteiger partial charge in [0.25, 0.3) is 5.92 Å². The van der Waals surface area contributed by atoms with Gasteiger partial charge >= 0.3 is 5.97 Å². The maximum Gasteiger partial charge on any atom is 0.338 e. The summed E-state index contributed by atoms with van der Waals surface area (Å²) in [6, 6.07) is 2.80. The summed E-state index contributed by atoms with van der Waals surface area (Å²) in [5.74, 6) is -3.03. The van der Waals surface area contributed by atoms with Crippen LogP contribution in [-0.2, 0) is 4.74 Å². The smallest absolute Gasteiger partial charge is 0.338 e. The Morgan fingerprint density at radius 2 is 2.10 bits per heavy atom. The molecule has 1 fully saturated rings. The Morgan fingerprint density at radius 3 is 2.62 bits per heavy atom. The number of aromatic nitrogens is 1. The predicted molar refractivity (Wildman–Crippen MR) is 76.2 cm³/mol. The molecule has 1 saturated heterocycles. The zero-order valence-corrected chi connectivity index (χ0v) is 12.9. The van der Waals surface area contributed by atoms with Crippen LogP contribution in [0.4, 0.5) is 14.6 Å². The topological polar surface area (TPSA) is 42.4 Å². The van der Waals surface area contributed by atoms with E-state index in [9.17, 15) is 13.6 Å². The number of anilines is 1. The molecule has 2 heterocycles. The summed E-state index contributed by atoms with van der Waals surface area (Å²) in [5.41, 5.74) is -0.441. The summed E-state index contributed by atoms with van der Waals surface area (Å²) in [7, 11) is 0. The van der Waals surface area contributed by atoms with Gasteiger partial charge in [-0.15, -0.1) is 0 Å². The second-order valence-electron chi connectivity index (χ2n) is 6.07. The number of hydrogen-bond acceptors (Lipinski definition) is 4. The van der Waals surface area contributed by atoms with Gasteiger partial charge < -0.3 is 9.64 Å². The number of halogens is 3. The first-order valence-corrected chi connectivity index (χ1v) is 6.97. The van der Waals surface area contributed by atoms with Gasteiger partial charge in [-0.05, 0) is 32.9 Å². The number of esters is 1. The zero-order valence-electron chi connectivity index (χ0n) is 12.1. The Morgan fingerprint density at radius 1 is 1.43 bits per heavy atom. The molecule has 0 aromatic carbocycles. The lowest BCUT2D eigenvalue weighted by Gasteiger charge is -2.21. The van der Waals surface area contributed by atoms with Crippen molar-refractivity contribution in [2.75, 3.05) is 18.0 Å². The highest BCUT2D eigenvalue weighted by molar-refractivity contribution is 6.29. The first-order chi connectivity index (χ1) is 9.56. The van der Waals surface area contributed by atoms with Crippen LogP contribution in [0.25, 0.3) is 0 Å². The number of ether oxygens (including phenoxy) is 1. The Bertz CT molecular complexity index is 558. The minimum atomic E-state index is -2.74. The van der Waals surface area contributed by atoms with Gasteiger partial charge in [0.2, 0.25) is 0 Å². The molecule has 0 amide bonds. The number of carbonyl (C=O) groups excluding carboxylic acids is 1. The van der Waals surface area contributed by atoms with Crippen molar-refractivity contribution in [1.29, 1.82) is 0 Å². The third kappa shape index (κ3) is 4.27. The molecular weight excluding hydrogens is 302 g/mol. The lowest BCUT2D eigenvalue weighted by Crippen LogP contribution is -2.27. The third-order valence-electron chi connectivity index (χ3n) is 2.91. The summed E-state index contributed by atoms with van der Waals surface area (Å²) >= 11 is 5.88. The fraction of sp³-hybridized carbons (Fsp3) is 0.571. The Labute approximate surface area is 127 Å². The van der Waals surface area contributed by atoms with E-state index in [4.69, 9.17) is 16.3 Å². The average molecular weight is 319 g/mol. The fourth-order valence-corrected chi connectivity index (χ4v) is 2.24. The first kappa shape index (κ1) is 15.9. The number of carbonyl (C=O) groups is 1. The van der Waals surface area contributed by atoms with Gasteiger partial charge in [0.05, 0.1) is 12.1 Å². The van der Waals surface area contributed by atoms with Crippen molar-refractivity contribution in [3.05, 3.63) is 22.8 Å². The third-order valence-corrected chi connectivity index (χ3v) is 3.10. The van der Waals surface area contributed by atoms with Crippen LogP contribution in [0, 0.1) is 0 Å². The quantitative estimate of drug-likeness (QED) is 0.618. The average Bonchev–Trinajstić information content (AvgIpc) is 2.67. The summed E-state index contributed by atoms with van der Waals surface area (Å²) in [5, 5.41) is 0.0728. The van der Waals surface area contributed by atoms with E-state index in [2.05, 4.69) is 4.98 Å². The van der Waals surface area contributed by atoms with Crippen LogP contribution in [0.1, 0.15) is 37.6 Å². The highest BCUT2D eigenvalue weighted by Gasteiger charge is 2.39. The Kier molecular flexibility index (Phi) is 4.10. The van der Waals surface area contributed by atoms with E-state index in [1.54, 1.807) is 20.8 Å². The van der Waals surface area contributed by atoms with E-state index in [-0.39, 0.29) is 29.5 Å². The molecule has 2 rings (SSSR count). The summed E-state index contributed by atoms with van der Waals surface area (Å²) in [6.45, 7) is 4.99. The summed E-state index contributed by atoms with van der Waals surface area (Å²) < 4.78 is 31.8. The van der Waals surface area contributed by atoms with E-state index in [0.717, 1.165) is 0 Å². The standard InChI is InChI=1S/C14H17ClF2N2O2/c1-13(2,3)21-12(20)9-6-10(15)18-11(7-9)19-5-4-14(16,17)8-19/h6-7H,4-5,8H2,1-3H3. The highest BCUT2D eigenvalue weighted by Crippen LogP contribution is 2.31. The largest absolute Gasteiger partial charge is 0.456 e. The maximum atomic E-state index is 13.3. The van der Waals surface area contributed by atoms with Crippen LogP contribution < -0.4 is 4.90 Å². The van der Waals surface area contributed by atoms with Crippen LogP contribution >= 0.6 is 11.6 Å². The number of pyridine rings is 1. The molecule has 1 aromatic heterocycles. The lowest BCUT2D eigenvalue weighted by molar-refractivity contribution is 0.00692. The molecule has 0 atom stereocenters. The number of rotatable bonds is 2. The van der Waals surface area contributed by atoms with Gasteiger partial charge in [-0.1, -0.05) is 11.6 Å². The molecule has 0 N–H and O–H groups in total. The van der Waals surface area contributed by atoms with Crippen molar-refractivity contribution in [2.24, 2.45) is 0 Å². The molecule has 21 heavy (non-hydrogen) atoms. The van der Waals surface area contributed by atoms with Crippen molar-refractivity contribution in [3.8, 4) is 0 Å². The van der Waals surface area contributed by atoms with Crippen LogP contribution in [0.3, 0.4) is 0 Å². The van der Waals surface area contributed by atoms with Crippen LogP contribution in [0.5, 0.6) is 0 Å². The fourth-order valence-electron chi connectivity index (χ4n) is 2.03. The van der Waals surface area contributed by atoms with Crippen molar-refractivity contribution in [2.45, 2.75) is 38.7 Å². The lowest BCUT2D eigenvalue weighted by atomic mass is 10.2. The molecule has 0 radical (unpaired) electrons. The van der Waals surface area contributed by atoms with E-state index in [0.29, 0.717) is 0 Å². The highest BCUT2D eigenvalue weighted by atomic mass is 35.5. The maximum absolute atomic E-state index is 13.3. The number of hydrogen-bond donors (Lipinski definition) is 0. The van der Waals surface area contributed by atoms with Gasteiger partial charge in [-0.3, -0.25) is 0 Å². The van der Waals surface area contributed by atoms with Crippen molar-refractivity contribution < 1.29 is 18.3 Å². The molecule has 0 spiro atoms. The summed E-state index contributed by atoms with van der Waals surface area (Å²) in [6.07, 6.45) is -0.233. The Hall–Kier alpha value is -1.43. The van der Waals surface area contributed by atoms with Crippen LogP contribution in [-0.4, -0.2) is 35.6 Å². The molecule has 0 bridgehead atoms. The molecule has 0 saturated carbocycles. The van der Waals surface area contributed by atoms with Crippen molar-refractivity contribution in [3.63, 3.8) is 0 Å². The molecule has 1 aliphatic heterocycles. The second kappa shape index (κ2) is 5.40. The van der Waals surface area contributed by atoms with Gasteiger partial charge in [0, 0.05) is 13.0 Å². The molecule has 1 aromatic rings. The zero-order chi connectivity index (χ0) is 15.8. The monoisotopic (exact) mass is 318 g/mol. The molecule has 116 valence electrons. The number of alkyl halides is 2. The van der Waals surface area contributed by atoms with E-state index >= 15 is 0 Å². The first-order valence-electron chi connectivity index (χ1n) is 6.59. The molecule has 0 unspecified atom stereocenters. The second-order valence-corrected chi connectivity index (χ2v) is 6.45. The van der Waals surface area contributed by atoms with Gasteiger partial charge in [-0.2, -0.15) is 0 Å². The normalized spacial score (nSPS) is 17.9. The summed E-state index contributed by atoms with van der Waals surface area (Å²) in [4.78, 5) is 17.5. The minimum Gasteiger partial charge on any atom is -0.456 e. The molecule has 7 heteroatoms. The van der Waals surface area contributed by atoms with Gasteiger partial charge in [0.15, 0.2) is 0 Å². The molecular formula is C14H17ClF2N2O2. The molecule has 0 aliphatic carbocycles. The van der Waals surface area contributed by atoms with Gasteiger partial charge in [-0.25, -0.2) is 18.6 Å². The van der Waals surface area contributed by atoms with E-state index in [1.165, 1.54) is 17.0 Å². The van der Waals surface area contributed by atoms with E-state index < -0.39 is 24.0 Å². The van der Waals surface area contributed by atoms with Crippen LogP contribution in [0.2, 0.25) is 5.15 Å². The number of nitrogens with zero attached hydrogens (tertiary/aromatic N) is 2. The van der Waals surface area contributed by atoms with Crippen molar-refractivity contribution in [1.82, 2.24) is 4.98 Å². The molecule has 1 aliphatic rings. The predicted octanol–water partition coefficient (Wildman–Crippen LogP) is 3.54. The Balaban J connectivity index is 2.24. The molecule has 4 nitrogen and oxygen atoms in total. The van der Waals surface area contributed by atoms with E-state index in [1.807, 2.05) is 0 Å². The van der Waals surface area contributed by atoms with Gasteiger partial charge in [0.1, 0.15) is 16.6 Å². The SMILES string of the molecule is CC(C)(C)OC(=O)c1cc(Cl)nc(N2CCC(F)(F)C2)c1. The van der Waals surface area contributed by atoms with Crippen LogP contribution in [0.15, 0.2) is 12.1 Å².